The van der Waals surface area contributed by atoms with Crippen molar-refractivity contribution in [1.82, 2.24) is 0 Å². The van der Waals surface area contributed by atoms with Gasteiger partial charge in [-0.1, -0.05) is 36.5 Å². The maximum Gasteiger partial charge on any atom is -0.0317 e. The molecule has 0 aliphatic heterocycles. The average molecular weight is 134 g/mol. The maximum atomic E-state index is 3.61. The molecular weight excluding hydrogens is 120 g/mol. The first-order valence-corrected chi connectivity index (χ1v) is 3.90. The number of rotatable bonds is 2. The lowest BCUT2D eigenvalue weighted by molar-refractivity contribution is 0.886. The van der Waals surface area contributed by atoms with E-state index in [9.17, 15) is 0 Å². The summed E-state index contributed by atoms with van der Waals surface area (Å²) in [5, 5.41) is 0. The third-order valence-corrected chi connectivity index (χ3v) is 1.82. The van der Waals surface area contributed by atoms with Crippen LogP contribution >= 0.6 is 0 Å². The van der Waals surface area contributed by atoms with E-state index in [1.54, 1.807) is 5.57 Å². The van der Waals surface area contributed by atoms with E-state index in [1.165, 1.54) is 25.7 Å². The van der Waals surface area contributed by atoms with Gasteiger partial charge in [0.25, 0.3) is 0 Å². The highest BCUT2D eigenvalue weighted by atomic mass is 14.1. The summed E-state index contributed by atoms with van der Waals surface area (Å²) in [6, 6.07) is 0. The molecule has 1 fully saturated rings. The Hall–Kier alpha value is -0.780. The molecule has 0 N–H and O–H groups in total. The van der Waals surface area contributed by atoms with Crippen molar-refractivity contribution in [1.29, 1.82) is 0 Å². The van der Waals surface area contributed by atoms with Crippen LogP contribution < -0.4 is 0 Å². The largest absolute Gasteiger partial charge is 0.0991 e. The van der Waals surface area contributed by atoms with Crippen LogP contribution in [0.25, 0.3) is 0 Å². The highest BCUT2D eigenvalue weighted by Crippen LogP contribution is 2.23. The first-order chi connectivity index (χ1) is 4.93. The Morgan fingerprint density at radius 3 is 2.40 bits per heavy atom. The number of allylic oxidation sites excluding steroid dienone is 5. The van der Waals surface area contributed by atoms with Crippen LogP contribution in [0.5, 0.6) is 0 Å². The molecule has 1 rings (SSSR count). The zero-order valence-corrected chi connectivity index (χ0v) is 6.34. The summed E-state index contributed by atoms with van der Waals surface area (Å²) in [7, 11) is 0. The van der Waals surface area contributed by atoms with Crippen molar-refractivity contribution in [2.45, 2.75) is 25.7 Å². The summed E-state index contributed by atoms with van der Waals surface area (Å²) < 4.78 is 0. The topological polar surface area (TPSA) is 0 Å². The second-order valence-electron chi connectivity index (χ2n) is 2.65. The normalized spacial score (nSPS) is 18.2. The van der Waals surface area contributed by atoms with Crippen LogP contribution in [0.15, 0.2) is 36.5 Å². The molecule has 0 aromatic carbocycles. The molecule has 0 nitrogen and oxygen atoms in total. The molecule has 0 saturated heterocycles. The van der Waals surface area contributed by atoms with Gasteiger partial charge in [0.1, 0.15) is 0 Å². The summed E-state index contributed by atoms with van der Waals surface area (Å²) in [6.07, 6.45) is 13.5. The van der Waals surface area contributed by atoms with Crippen LogP contribution in [0.4, 0.5) is 0 Å². The van der Waals surface area contributed by atoms with Crippen LogP contribution in [0.1, 0.15) is 25.7 Å². The van der Waals surface area contributed by atoms with E-state index < -0.39 is 0 Å². The van der Waals surface area contributed by atoms with Crippen molar-refractivity contribution in [2.75, 3.05) is 0 Å². The monoisotopic (exact) mass is 134 g/mol. The SMILES string of the molecule is C=C/C=C\C=C1CCCC1. The van der Waals surface area contributed by atoms with Gasteiger partial charge >= 0.3 is 0 Å². The predicted octanol–water partition coefficient (Wildman–Crippen LogP) is 3.23. The van der Waals surface area contributed by atoms with Crippen molar-refractivity contribution in [2.24, 2.45) is 0 Å². The lowest BCUT2D eigenvalue weighted by Crippen LogP contribution is -1.67. The fraction of sp³-hybridized carbons (Fsp3) is 0.400. The van der Waals surface area contributed by atoms with Gasteiger partial charge < -0.3 is 0 Å². The third-order valence-electron chi connectivity index (χ3n) is 1.82. The predicted molar refractivity (Wildman–Crippen MR) is 45.9 cm³/mol. The van der Waals surface area contributed by atoms with Crippen molar-refractivity contribution < 1.29 is 0 Å². The van der Waals surface area contributed by atoms with Crippen LogP contribution in [0, 0.1) is 0 Å². The molecule has 0 unspecified atom stereocenters. The fourth-order valence-corrected chi connectivity index (χ4v) is 1.27. The molecule has 0 amide bonds. The van der Waals surface area contributed by atoms with Crippen LogP contribution in [-0.2, 0) is 0 Å². The van der Waals surface area contributed by atoms with Crippen molar-refractivity contribution in [3.63, 3.8) is 0 Å². The average Bonchev–Trinajstić information content (AvgIpc) is 2.41. The number of hydrogen-bond acceptors (Lipinski definition) is 0. The Balaban J connectivity index is 2.37. The van der Waals surface area contributed by atoms with Gasteiger partial charge in [-0.05, 0) is 25.7 Å². The lowest BCUT2D eigenvalue weighted by Gasteiger charge is -1.87. The zero-order valence-electron chi connectivity index (χ0n) is 6.34. The minimum Gasteiger partial charge on any atom is -0.0991 e. The van der Waals surface area contributed by atoms with Gasteiger partial charge in [0.15, 0.2) is 0 Å². The molecule has 0 heterocycles. The van der Waals surface area contributed by atoms with E-state index in [1.807, 2.05) is 12.2 Å². The Bertz CT molecular complexity index is 153. The summed E-state index contributed by atoms with van der Waals surface area (Å²) >= 11 is 0. The second-order valence-corrected chi connectivity index (χ2v) is 2.65. The molecular formula is C10H14. The van der Waals surface area contributed by atoms with Crippen molar-refractivity contribution in [3.8, 4) is 0 Å². The summed E-state index contributed by atoms with van der Waals surface area (Å²) in [5.74, 6) is 0. The smallest absolute Gasteiger partial charge is 0.0317 e. The Kier molecular flexibility index (Phi) is 3.01. The standard InChI is InChI=1S/C10H14/c1-2-3-4-7-10-8-5-6-9-10/h2-4,7H,1,5-6,8-9H2/b4-3-. The van der Waals surface area contributed by atoms with Gasteiger partial charge in [-0.2, -0.15) is 0 Å². The Labute approximate surface area is 62.9 Å². The van der Waals surface area contributed by atoms with Gasteiger partial charge in [0.2, 0.25) is 0 Å². The van der Waals surface area contributed by atoms with Crippen molar-refractivity contribution in [3.05, 3.63) is 36.5 Å². The summed E-state index contributed by atoms with van der Waals surface area (Å²) in [6.45, 7) is 3.61. The van der Waals surface area contributed by atoms with Crippen LogP contribution in [0.3, 0.4) is 0 Å². The van der Waals surface area contributed by atoms with Crippen LogP contribution in [0.2, 0.25) is 0 Å². The molecule has 0 heteroatoms. The molecule has 0 atom stereocenters. The molecule has 1 saturated carbocycles. The van der Waals surface area contributed by atoms with Crippen molar-refractivity contribution >= 4 is 0 Å². The van der Waals surface area contributed by atoms with E-state index in [0.29, 0.717) is 0 Å². The van der Waals surface area contributed by atoms with E-state index in [4.69, 9.17) is 0 Å². The highest BCUT2D eigenvalue weighted by molar-refractivity contribution is 5.17. The lowest BCUT2D eigenvalue weighted by atomic mass is 10.2. The van der Waals surface area contributed by atoms with Crippen LogP contribution in [-0.4, -0.2) is 0 Å². The molecule has 1 aliphatic carbocycles. The molecule has 10 heavy (non-hydrogen) atoms. The van der Waals surface area contributed by atoms with Gasteiger partial charge in [0.05, 0.1) is 0 Å². The molecule has 0 aromatic rings. The van der Waals surface area contributed by atoms with Gasteiger partial charge in [-0.3, -0.25) is 0 Å². The third kappa shape index (κ3) is 2.22. The molecule has 0 bridgehead atoms. The molecule has 54 valence electrons. The first kappa shape index (κ1) is 7.33. The van der Waals surface area contributed by atoms with E-state index in [0.717, 1.165) is 0 Å². The van der Waals surface area contributed by atoms with Gasteiger partial charge in [-0.15, -0.1) is 0 Å². The molecule has 1 aliphatic rings. The fourth-order valence-electron chi connectivity index (χ4n) is 1.27. The summed E-state index contributed by atoms with van der Waals surface area (Å²) in [5.41, 5.74) is 1.60. The van der Waals surface area contributed by atoms with E-state index >= 15 is 0 Å². The second kappa shape index (κ2) is 4.10. The number of hydrogen-bond donors (Lipinski definition) is 0. The first-order valence-electron chi connectivity index (χ1n) is 3.90. The Morgan fingerprint density at radius 2 is 1.80 bits per heavy atom. The summed E-state index contributed by atoms with van der Waals surface area (Å²) in [4.78, 5) is 0. The molecule has 0 radical (unpaired) electrons. The highest BCUT2D eigenvalue weighted by Gasteiger charge is 2.03. The minimum absolute atomic E-state index is 1.31. The quantitative estimate of drug-likeness (QED) is 0.509. The van der Waals surface area contributed by atoms with Gasteiger partial charge in [0, 0.05) is 0 Å². The van der Waals surface area contributed by atoms with Gasteiger partial charge in [-0.25, -0.2) is 0 Å². The Morgan fingerprint density at radius 1 is 1.10 bits per heavy atom. The van der Waals surface area contributed by atoms with E-state index in [-0.39, 0.29) is 0 Å². The van der Waals surface area contributed by atoms with E-state index in [2.05, 4.69) is 18.7 Å². The maximum absolute atomic E-state index is 3.61. The molecule has 0 spiro atoms. The zero-order chi connectivity index (χ0) is 7.23. The molecule has 0 aromatic heterocycles. The minimum atomic E-state index is 1.31.